The summed E-state index contributed by atoms with van der Waals surface area (Å²) >= 11 is 0. The van der Waals surface area contributed by atoms with Gasteiger partial charge in [0, 0.05) is 12.1 Å². The molecule has 1 aromatic carbocycles. The van der Waals surface area contributed by atoms with Crippen molar-refractivity contribution in [2.75, 3.05) is 14.2 Å². The first-order chi connectivity index (χ1) is 11.9. The van der Waals surface area contributed by atoms with Crippen LogP contribution in [-0.4, -0.2) is 52.8 Å². The molecule has 2 N–H and O–H groups in total. The first-order valence-corrected chi connectivity index (χ1v) is 8.15. The van der Waals surface area contributed by atoms with Crippen LogP contribution in [0.4, 0.5) is 0 Å². The van der Waals surface area contributed by atoms with E-state index >= 15 is 0 Å². The average Bonchev–Trinajstić information content (AvgIpc) is 2.78. The number of fused-ring (bicyclic) bond motifs is 2. The molecule has 2 heterocycles. The topological polar surface area (TPSA) is 87.1 Å². The Hall–Kier alpha value is -2.60. The Balaban J connectivity index is 2.09. The fourth-order valence-electron chi connectivity index (χ4n) is 4.00. The van der Waals surface area contributed by atoms with E-state index < -0.39 is 17.5 Å². The molecule has 25 heavy (non-hydrogen) atoms. The van der Waals surface area contributed by atoms with E-state index in [1.165, 1.54) is 0 Å². The number of nitrogens with zero attached hydrogens (tertiary/aromatic N) is 1. The predicted octanol–water partition coefficient (Wildman–Crippen LogP) is 2.41. The second kappa shape index (κ2) is 6.37. The number of hydrogen-bond acceptors (Lipinski definition) is 4. The lowest BCUT2D eigenvalue weighted by Gasteiger charge is -2.41. The second-order valence-corrected chi connectivity index (χ2v) is 6.53. The second-order valence-electron chi connectivity index (χ2n) is 6.53. The summed E-state index contributed by atoms with van der Waals surface area (Å²) in [6.07, 6.45) is 5.00. The number of likely N-dealkylation sites (N-methyl/N-ethyl adjacent to an activating group) is 1. The lowest BCUT2D eigenvalue weighted by atomic mass is 9.82. The molecule has 1 fully saturated rings. The molecule has 1 saturated heterocycles. The number of methoxy groups -OCH3 is 1. The molecule has 132 valence electrons. The summed E-state index contributed by atoms with van der Waals surface area (Å²) in [5.74, 6) is -1.68. The zero-order chi connectivity index (χ0) is 18.2. The minimum absolute atomic E-state index is 0.0873. The van der Waals surface area contributed by atoms with Gasteiger partial charge < -0.3 is 14.9 Å². The summed E-state index contributed by atoms with van der Waals surface area (Å²) in [6.45, 7) is 0. The summed E-state index contributed by atoms with van der Waals surface area (Å²) in [4.78, 5) is 25.0. The minimum atomic E-state index is -1.24. The van der Waals surface area contributed by atoms with Gasteiger partial charge in [0.1, 0.15) is 5.75 Å². The summed E-state index contributed by atoms with van der Waals surface area (Å²) < 4.78 is 5.18. The number of carboxylic acid groups (broad SMARTS) is 2. The Bertz CT molecular complexity index is 765. The Kier molecular flexibility index (Phi) is 4.39. The molecule has 0 aliphatic carbocycles. The Morgan fingerprint density at radius 2 is 1.96 bits per heavy atom. The highest BCUT2D eigenvalue weighted by atomic mass is 16.5. The van der Waals surface area contributed by atoms with Gasteiger partial charge in [0.2, 0.25) is 0 Å². The highest BCUT2D eigenvalue weighted by Crippen LogP contribution is 2.48. The smallest absolute Gasteiger partial charge is 0.334 e. The highest BCUT2D eigenvalue weighted by molar-refractivity contribution is 5.98. The Morgan fingerprint density at radius 1 is 1.28 bits per heavy atom. The van der Waals surface area contributed by atoms with Crippen LogP contribution in [-0.2, 0) is 9.59 Å². The molecule has 0 saturated carbocycles. The van der Waals surface area contributed by atoms with Gasteiger partial charge in [0.15, 0.2) is 0 Å². The van der Waals surface area contributed by atoms with Crippen molar-refractivity contribution in [2.24, 2.45) is 0 Å². The molecule has 0 aromatic heterocycles. The molecule has 1 aromatic rings. The monoisotopic (exact) mass is 343 g/mol. The zero-order valence-electron chi connectivity index (χ0n) is 14.2. The van der Waals surface area contributed by atoms with E-state index in [9.17, 15) is 14.7 Å². The first-order valence-electron chi connectivity index (χ1n) is 8.15. The van der Waals surface area contributed by atoms with Gasteiger partial charge in [-0.3, -0.25) is 4.90 Å². The molecule has 0 radical (unpaired) electrons. The van der Waals surface area contributed by atoms with Crippen molar-refractivity contribution in [2.45, 2.75) is 30.8 Å². The highest BCUT2D eigenvalue weighted by Gasteiger charge is 2.50. The van der Waals surface area contributed by atoms with Crippen molar-refractivity contribution in [3.63, 3.8) is 0 Å². The number of carbonyl (C=O) groups is 2. The summed E-state index contributed by atoms with van der Waals surface area (Å²) in [7, 11) is 3.48. The van der Waals surface area contributed by atoms with Crippen molar-refractivity contribution >= 4 is 17.5 Å². The zero-order valence-corrected chi connectivity index (χ0v) is 14.2. The lowest BCUT2D eigenvalue weighted by Crippen LogP contribution is -2.49. The van der Waals surface area contributed by atoms with Crippen molar-refractivity contribution in [3.8, 4) is 5.75 Å². The number of hydrogen-bond donors (Lipinski definition) is 2. The van der Waals surface area contributed by atoms with Crippen molar-refractivity contribution < 1.29 is 24.5 Å². The van der Waals surface area contributed by atoms with Crippen molar-refractivity contribution in [1.29, 1.82) is 0 Å². The normalized spacial score (nSPS) is 26.2. The van der Waals surface area contributed by atoms with Crippen LogP contribution in [0.25, 0.3) is 5.57 Å². The molecule has 6 heteroatoms. The van der Waals surface area contributed by atoms with E-state index in [-0.39, 0.29) is 11.6 Å². The molecule has 2 aliphatic heterocycles. The van der Waals surface area contributed by atoms with Gasteiger partial charge in [-0.05, 0) is 49.6 Å². The summed E-state index contributed by atoms with van der Waals surface area (Å²) in [5.41, 5.74) is 1.07. The SMILES string of the molecule is COc1ccc(C2=CC3(/C(=C\C(=O)O)C(=O)O)CCC(C2)N3C)cc1. The van der Waals surface area contributed by atoms with Crippen molar-refractivity contribution in [3.05, 3.63) is 47.6 Å². The third-order valence-corrected chi connectivity index (χ3v) is 5.33. The standard InChI is InChI=1S/C19H21NO5/c1-20-14-7-8-19(20,16(18(23)24)10-17(21)22)11-13(9-14)12-3-5-15(25-2)6-4-12/h3-6,10-11,14H,7-9H2,1-2H3,(H,21,22)(H,23,24)/b16-10-. The Labute approximate surface area is 146 Å². The van der Waals surface area contributed by atoms with Gasteiger partial charge in [0.05, 0.1) is 18.2 Å². The van der Waals surface area contributed by atoms with Crippen LogP contribution in [0, 0.1) is 0 Å². The van der Waals surface area contributed by atoms with Crippen molar-refractivity contribution in [1.82, 2.24) is 4.90 Å². The van der Waals surface area contributed by atoms with E-state index in [1.807, 2.05) is 42.3 Å². The van der Waals surface area contributed by atoms with Crippen LogP contribution in [0.15, 0.2) is 42.0 Å². The van der Waals surface area contributed by atoms with E-state index in [2.05, 4.69) is 0 Å². The minimum Gasteiger partial charge on any atom is -0.497 e. The molecule has 2 atom stereocenters. The van der Waals surface area contributed by atoms with Crippen LogP contribution in [0.2, 0.25) is 0 Å². The van der Waals surface area contributed by atoms with E-state index in [4.69, 9.17) is 9.84 Å². The quantitative estimate of drug-likeness (QED) is 0.799. The number of rotatable bonds is 5. The van der Waals surface area contributed by atoms with Crippen LogP contribution >= 0.6 is 0 Å². The molecule has 2 unspecified atom stereocenters. The van der Waals surface area contributed by atoms with Gasteiger partial charge >= 0.3 is 11.9 Å². The van der Waals surface area contributed by atoms with Crippen LogP contribution in [0.3, 0.4) is 0 Å². The first kappa shape index (κ1) is 17.2. The van der Waals surface area contributed by atoms with Gasteiger partial charge in [-0.2, -0.15) is 0 Å². The van der Waals surface area contributed by atoms with E-state index in [0.717, 1.165) is 35.8 Å². The number of aliphatic carboxylic acids is 2. The molecule has 2 aliphatic rings. The molecule has 3 rings (SSSR count). The molecule has 0 spiro atoms. The lowest BCUT2D eigenvalue weighted by molar-refractivity contribution is -0.136. The fraction of sp³-hybridized carbons (Fsp3) is 0.368. The molecular weight excluding hydrogens is 322 g/mol. The maximum Gasteiger partial charge on any atom is 0.334 e. The van der Waals surface area contributed by atoms with Crippen LogP contribution < -0.4 is 4.74 Å². The molecule has 0 amide bonds. The third kappa shape index (κ3) is 2.93. The maximum atomic E-state index is 11.8. The molecule has 6 nitrogen and oxygen atoms in total. The van der Waals surface area contributed by atoms with Gasteiger partial charge in [-0.15, -0.1) is 0 Å². The predicted molar refractivity (Wildman–Crippen MR) is 92.5 cm³/mol. The fourth-order valence-corrected chi connectivity index (χ4v) is 4.00. The van der Waals surface area contributed by atoms with Gasteiger partial charge in [-0.25, -0.2) is 9.59 Å². The molecular formula is C19H21NO5. The molecule has 2 bridgehead atoms. The number of benzene rings is 1. The Morgan fingerprint density at radius 3 is 2.52 bits per heavy atom. The average molecular weight is 343 g/mol. The van der Waals surface area contributed by atoms with E-state index in [1.54, 1.807) is 7.11 Å². The van der Waals surface area contributed by atoms with Crippen LogP contribution in [0.1, 0.15) is 24.8 Å². The van der Waals surface area contributed by atoms with E-state index in [0.29, 0.717) is 6.42 Å². The summed E-state index contributed by atoms with van der Waals surface area (Å²) in [6, 6.07) is 7.83. The number of ether oxygens (including phenoxy) is 1. The van der Waals surface area contributed by atoms with Gasteiger partial charge in [-0.1, -0.05) is 18.2 Å². The van der Waals surface area contributed by atoms with Gasteiger partial charge in [0.25, 0.3) is 0 Å². The van der Waals surface area contributed by atoms with Crippen LogP contribution in [0.5, 0.6) is 5.75 Å². The number of carboxylic acids is 2. The largest absolute Gasteiger partial charge is 0.497 e. The third-order valence-electron chi connectivity index (χ3n) is 5.33. The maximum absolute atomic E-state index is 11.8. The summed E-state index contributed by atoms with van der Waals surface area (Å²) in [5, 5.41) is 18.7.